The minimum Gasteiger partial charge on any atom is -0.497 e. The van der Waals surface area contributed by atoms with Gasteiger partial charge in [0.2, 0.25) is 0 Å². The van der Waals surface area contributed by atoms with Crippen LogP contribution in [0.5, 0.6) is 17.2 Å². The highest BCUT2D eigenvalue weighted by atomic mass is 32.1. The Morgan fingerprint density at radius 1 is 0.938 bits per heavy atom. The minimum absolute atomic E-state index is 0.274. The zero-order valence-electron chi connectivity index (χ0n) is 17.3. The molecule has 0 unspecified atom stereocenters. The molecule has 0 aliphatic carbocycles. The average molecular weight is 449 g/mol. The lowest BCUT2D eigenvalue weighted by atomic mass is 10.2. The molecule has 4 rings (SSSR count). The Balaban J connectivity index is 1.46. The highest BCUT2D eigenvalue weighted by Gasteiger charge is 2.10. The molecule has 0 spiro atoms. The largest absolute Gasteiger partial charge is 0.497 e. The van der Waals surface area contributed by atoms with Gasteiger partial charge in [0.1, 0.15) is 22.9 Å². The Hall–Kier alpha value is -4.11. The van der Waals surface area contributed by atoms with Crippen molar-refractivity contribution in [3.63, 3.8) is 0 Å². The Bertz CT molecular complexity index is 1290. The molecule has 3 N–H and O–H groups in total. The highest BCUT2D eigenvalue weighted by molar-refractivity contribution is 7.23. The number of ether oxygens (including phenoxy) is 2. The third-order valence-corrected chi connectivity index (χ3v) is 5.50. The number of thiophene rings is 1. The number of fused-ring (bicyclic) bond motifs is 1. The van der Waals surface area contributed by atoms with Gasteiger partial charge in [-0.25, -0.2) is 4.79 Å². The van der Waals surface area contributed by atoms with Gasteiger partial charge in [-0.1, -0.05) is 6.07 Å². The van der Waals surface area contributed by atoms with E-state index in [2.05, 4.69) is 20.9 Å². The van der Waals surface area contributed by atoms with E-state index in [1.165, 1.54) is 17.5 Å². The number of hydrogen-bond donors (Lipinski definition) is 3. The first kappa shape index (κ1) is 21.1. The van der Waals surface area contributed by atoms with Crippen molar-refractivity contribution >= 4 is 44.0 Å². The number of aromatic nitrogens is 1. The molecule has 9 heteroatoms. The van der Waals surface area contributed by atoms with E-state index in [1.54, 1.807) is 50.6 Å². The fraction of sp³-hybridized carbons (Fsp3) is 0.0870. The van der Waals surface area contributed by atoms with E-state index in [1.807, 2.05) is 24.3 Å². The summed E-state index contributed by atoms with van der Waals surface area (Å²) in [5, 5.41) is 9.84. The van der Waals surface area contributed by atoms with E-state index in [4.69, 9.17) is 9.47 Å². The van der Waals surface area contributed by atoms with Crippen LogP contribution in [0.3, 0.4) is 0 Å². The lowest BCUT2D eigenvalue weighted by Gasteiger charge is -2.07. The van der Waals surface area contributed by atoms with Crippen LogP contribution >= 0.6 is 11.3 Å². The second kappa shape index (κ2) is 9.36. The summed E-state index contributed by atoms with van der Waals surface area (Å²) in [7, 11) is 3.12. The molecule has 0 bridgehead atoms. The molecule has 0 fully saturated rings. The molecule has 4 aromatic rings. The SMILES string of the molecule is CNC(=O)c1cc(Oc2ccc3cc(NC(=O)Nc4cccc(OC)c4)sc3c2)ccn1. The number of benzene rings is 2. The van der Waals surface area contributed by atoms with Crippen LogP contribution in [-0.2, 0) is 0 Å². The molecular weight excluding hydrogens is 428 g/mol. The van der Waals surface area contributed by atoms with Crippen LogP contribution in [0.4, 0.5) is 15.5 Å². The standard InChI is InChI=1S/C23H20N4O4S/c1-24-22(28)19-12-18(8-9-25-19)31-17-7-6-14-10-21(32-20(14)13-17)27-23(29)26-15-4-3-5-16(11-15)30-2/h3-13H,1-2H3,(H,24,28)(H2,26,27,29). The zero-order valence-corrected chi connectivity index (χ0v) is 18.2. The fourth-order valence-electron chi connectivity index (χ4n) is 2.97. The van der Waals surface area contributed by atoms with E-state index in [9.17, 15) is 9.59 Å². The van der Waals surface area contributed by atoms with Crippen molar-refractivity contribution in [2.45, 2.75) is 0 Å². The molecule has 162 valence electrons. The maximum absolute atomic E-state index is 12.4. The summed E-state index contributed by atoms with van der Waals surface area (Å²) in [6.07, 6.45) is 1.52. The maximum Gasteiger partial charge on any atom is 0.324 e. The normalized spacial score (nSPS) is 10.4. The van der Waals surface area contributed by atoms with Gasteiger partial charge in [-0.3, -0.25) is 15.1 Å². The molecule has 0 radical (unpaired) electrons. The van der Waals surface area contributed by atoms with Gasteiger partial charge in [-0.05, 0) is 47.9 Å². The van der Waals surface area contributed by atoms with Crippen LogP contribution in [-0.4, -0.2) is 31.1 Å². The summed E-state index contributed by atoms with van der Waals surface area (Å²) in [4.78, 5) is 28.1. The van der Waals surface area contributed by atoms with E-state index < -0.39 is 0 Å². The molecule has 0 atom stereocenters. The average Bonchev–Trinajstić information content (AvgIpc) is 3.20. The topological polar surface area (TPSA) is 102 Å². The van der Waals surface area contributed by atoms with E-state index in [0.29, 0.717) is 27.9 Å². The number of carbonyl (C=O) groups is 2. The maximum atomic E-state index is 12.4. The first-order chi connectivity index (χ1) is 15.5. The number of rotatable bonds is 6. The Morgan fingerprint density at radius 2 is 1.78 bits per heavy atom. The van der Waals surface area contributed by atoms with Gasteiger partial charge in [0.25, 0.3) is 5.91 Å². The van der Waals surface area contributed by atoms with Crippen molar-refractivity contribution in [1.29, 1.82) is 0 Å². The van der Waals surface area contributed by atoms with Gasteiger partial charge in [0.15, 0.2) is 0 Å². The summed E-state index contributed by atoms with van der Waals surface area (Å²) >= 11 is 1.43. The molecule has 0 saturated heterocycles. The lowest BCUT2D eigenvalue weighted by molar-refractivity contribution is 0.0958. The number of carbonyl (C=O) groups excluding carboxylic acids is 2. The van der Waals surface area contributed by atoms with Gasteiger partial charge in [-0.2, -0.15) is 0 Å². The van der Waals surface area contributed by atoms with Gasteiger partial charge < -0.3 is 20.1 Å². The smallest absolute Gasteiger partial charge is 0.324 e. The molecule has 32 heavy (non-hydrogen) atoms. The van der Waals surface area contributed by atoms with Gasteiger partial charge in [0, 0.05) is 35.8 Å². The van der Waals surface area contributed by atoms with E-state index >= 15 is 0 Å². The molecule has 3 amide bonds. The number of anilines is 2. The molecule has 2 heterocycles. The number of nitrogens with one attached hydrogen (secondary N) is 3. The monoisotopic (exact) mass is 448 g/mol. The number of methoxy groups -OCH3 is 1. The van der Waals surface area contributed by atoms with Crippen LogP contribution in [0.1, 0.15) is 10.5 Å². The second-order valence-corrected chi connectivity index (χ2v) is 7.76. The van der Waals surface area contributed by atoms with Crippen molar-refractivity contribution in [2.24, 2.45) is 0 Å². The molecule has 8 nitrogen and oxygen atoms in total. The van der Waals surface area contributed by atoms with Crippen molar-refractivity contribution < 1.29 is 19.1 Å². The quantitative estimate of drug-likeness (QED) is 0.381. The number of urea groups is 1. The van der Waals surface area contributed by atoms with Crippen LogP contribution in [0.25, 0.3) is 10.1 Å². The zero-order chi connectivity index (χ0) is 22.5. The third-order valence-electron chi connectivity index (χ3n) is 4.48. The van der Waals surface area contributed by atoms with Crippen LogP contribution in [0.2, 0.25) is 0 Å². The Kier molecular flexibility index (Phi) is 6.18. The Morgan fingerprint density at radius 3 is 2.59 bits per heavy atom. The molecule has 0 aliphatic rings. The van der Waals surface area contributed by atoms with Gasteiger partial charge in [-0.15, -0.1) is 11.3 Å². The second-order valence-electron chi connectivity index (χ2n) is 6.68. The first-order valence-electron chi connectivity index (χ1n) is 9.66. The summed E-state index contributed by atoms with van der Waals surface area (Å²) < 4.78 is 12.0. The van der Waals surface area contributed by atoms with Crippen molar-refractivity contribution in [3.05, 3.63) is 72.6 Å². The van der Waals surface area contributed by atoms with Crippen LogP contribution in [0.15, 0.2) is 66.9 Å². The number of nitrogens with zero attached hydrogens (tertiary/aromatic N) is 1. The summed E-state index contributed by atoms with van der Waals surface area (Å²) in [5.41, 5.74) is 0.905. The summed E-state index contributed by atoms with van der Waals surface area (Å²) in [6.45, 7) is 0. The van der Waals surface area contributed by atoms with Crippen LogP contribution < -0.4 is 25.4 Å². The number of pyridine rings is 1. The van der Waals surface area contributed by atoms with E-state index in [0.717, 1.165) is 10.1 Å². The highest BCUT2D eigenvalue weighted by Crippen LogP contribution is 2.34. The first-order valence-corrected chi connectivity index (χ1v) is 10.5. The fourth-order valence-corrected chi connectivity index (χ4v) is 3.96. The molecular formula is C23H20N4O4S. The molecule has 2 aromatic carbocycles. The predicted octanol–water partition coefficient (Wildman–Crippen LogP) is 5.10. The summed E-state index contributed by atoms with van der Waals surface area (Å²) in [5.74, 6) is 1.49. The van der Waals surface area contributed by atoms with Crippen LogP contribution in [0, 0.1) is 0 Å². The van der Waals surface area contributed by atoms with Crippen molar-refractivity contribution in [3.8, 4) is 17.2 Å². The summed E-state index contributed by atoms with van der Waals surface area (Å²) in [6, 6.07) is 17.6. The van der Waals surface area contributed by atoms with Gasteiger partial charge >= 0.3 is 6.03 Å². The Labute approximate surface area is 188 Å². The third kappa shape index (κ3) is 4.96. The van der Waals surface area contributed by atoms with Gasteiger partial charge in [0.05, 0.1) is 12.1 Å². The lowest BCUT2D eigenvalue weighted by Crippen LogP contribution is -2.18. The predicted molar refractivity (Wildman–Crippen MR) is 125 cm³/mol. The molecule has 2 aromatic heterocycles. The molecule has 0 saturated carbocycles. The minimum atomic E-state index is -0.347. The van der Waals surface area contributed by atoms with E-state index in [-0.39, 0.29) is 17.6 Å². The number of hydrogen-bond acceptors (Lipinski definition) is 6. The molecule has 0 aliphatic heterocycles. The van der Waals surface area contributed by atoms with Crippen molar-refractivity contribution in [2.75, 3.05) is 24.8 Å². The number of amides is 3. The van der Waals surface area contributed by atoms with Crippen molar-refractivity contribution in [1.82, 2.24) is 10.3 Å².